The Balaban J connectivity index is 1.37. The molecule has 6 fully saturated rings. The van der Waals surface area contributed by atoms with E-state index in [0.717, 1.165) is 51.4 Å². The highest BCUT2D eigenvalue weighted by Gasteiger charge is 2.84. The summed E-state index contributed by atoms with van der Waals surface area (Å²) in [6, 6.07) is 0. The summed E-state index contributed by atoms with van der Waals surface area (Å²) in [5, 5.41) is 45.0. The van der Waals surface area contributed by atoms with Gasteiger partial charge < -0.3 is 25.2 Å². The van der Waals surface area contributed by atoms with Gasteiger partial charge in [-0.25, -0.2) is 0 Å². The highest BCUT2D eigenvalue weighted by atomic mass is 16.5. The third kappa shape index (κ3) is 2.78. The Bertz CT molecular complexity index is 911. The first kappa shape index (κ1) is 25.1. The van der Waals surface area contributed by atoms with Crippen LogP contribution in [0.2, 0.25) is 0 Å². The number of aliphatic hydroxyl groups excluding tert-OH is 3. The summed E-state index contributed by atoms with van der Waals surface area (Å²) in [5.74, 6) is 0.577. The predicted octanol–water partition coefficient (Wildman–Crippen LogP) is 4.44. The summed E-state index contributed by atoms with van der Waals surface area (Å²) in [7, 11) is 0. The van der Waals surface area contributed by atoms with Gasteiger partial charge in [-0.1, -0.05) is 27.7 Å². The van der Waals surface area contributed by atoms with Crippen LogP contribution in [-0.4, -0.2) is 56.0 Å². The van der Waals surface area contributed by atoms with Gasteiger partial charge in [-0.15, -0.1) is 0 Å². The fourth-order valence-corrected chi connectivity index (χ4v) is 12.1. The van der Waals surface area contributed by atoms with Crippen LogP contribution in [0.4, 0.5) is 0 Å². The lowest BCUT2D eigenvalue weighted by molar-refractivity contribution is -0.213. The van der Waals surface area contributed by atoms with Crippen molar-refractivity contribution in [1.82, 2.24) is 0 Å². The Morgan fingerprint density at radius 3 is 2.09 bits per heavy atom. The second kappa shape index (κ2) is 6.86. The fraction of sp³-hybridized carbons (Fsp3) is 1.00. The number of ether oxygens (including phenoxy) is 1. The van der Waals surface area contributed by atoms with E-state index in [1.807, 2.05) is 13.8 Å². The molecule has 0 aromatic carbocycles. The Labute approximate surface area is 212 Å². The molecule has 0 radical (unpaired) electrons. The molecule has 6 aliphatic rings. The summed E-state index contributed by atoms with van der Waals surface area (Å²) in [6.07, 6.45) is 7.18. The van der Waals surface area contributed by atoms with Crippen LogP contribution in [0.5, 0.6) is 0 Å². The topological polar surface area (TPSA) is 90.2 Å². The molecule has 1 heterocycles. The number of rotatable bonds is 2. The van der Waals surface area contributed by atoms with Gasteiger partial charge in [0.2, 0.25) is 0 Å². The average Bonchev–Trinajstić information content (AvgIpc) is 3.08. The molecule has 1 aliphatic heterocycles. The Kier molecular flexibility index (Phi) is 4.92. The Morgan fingerprint density at radius 1 is 0.771 bits per heavy atom. The van der Waals surface area contributed by atoms with E-state index in [4.69, 9.17) is 4.74 Å². The molecule has 12 atom stereocenters. The molecule has 0 unspecified atom stereocenters. The van der Waals surface area contributed by atoms with Crippen molar-refractivity contribution in [1.29, 1.82) is 0 Å². The van der Waals surface area contributed by atoms with Crippen molar-refractivity contribution in [2.45, 2.75) is 142 Å². The van der Waals surface area contributed by atoms with Crippen molar-refractivity contribution in [3.63, 3.8) is 0 Å². The van der Waals surface area contributed by atoms with E-state index in [2.05, 4.69) is 34.6 Å². The summed E-state index contributed by atoms with van der Waals surface area (Å²) in [5.41, 5.74) is -1.35. The molecule has 0 aromatic heterocycles. The van der Waals surface area contributed by atoms with Crippen LogP contribution in [-0.2, 0) is 4.74 Å². The lowest BCUT2D eigenvalue weighted by Crippen LogP contribution is -2.62. The molecule has 5 nitrogen and oxygen atoms in total. The van der Waals surface area contributed by atoms with Crippen molar-refractivity contribution in [3.05, 3.63) is 0 Å². The minimum atomic E-state index is -0.886. The van der Waals surface area contributed by atoms with Gasteiger partial charge in [0.25, 0.3) is 0 Å². The molecule has 4 N–H and O–H groups in total. The van der Waals surface area contributed by atoms with Crippen molar-refractivity contribution >= 4 is 0 Å². The number of fused-ring (bicyclic) bond motifs is 2. The van der Waals surface area contributed by atoms with Crippen molar-refractivity contribution in [2.24, 2.45) is 44.8 Å². The van der Waals surface area contributed by atoms with Crippen molar-refractivity contribution in [3.8, 4) is 0 Å². The molecular formula is C30H50O5. The van der Waals surface area contributed by atoms with E-state index in [-0.39, 0.29) is 51.1 Å². The van der Waals surface area contributed by atoms with E-state index < -0.39 is 23.4 Å². The number of aliphatic hydroxyl groups is 4. The van der Waals surface area contributed by atoms with E-state index >= 15 is 0 Å². The van der Waals surface area contributed by atoms with E-state index in [9.17, 15) is 20.4 Å². The molecule has 0 bridgehead atoms. The molecule has 5 heteroatoms. The lowest BCUT2D eigenvalue weighted by Gasteiger charge is -2.64. The second-order valence-corrected chi connectivity index (χ2v) is 15.9. The van der Waals surface area contributed by atoms with Gasteiger partial charge in [0.15, 0.2) is 0 Å². The molecule has 35 heavy (non-hydrogen) atoms. The first-order valence-corrected chi connectivity index (χ1v) is 14.4. The van der Waals surface area contributed by atoms with Crippen LogP contribution >= 0.6 is 0 Å². The number of hydrogen-bond acceptors (Lipinski definition) is 5. The van der Waals surface area contributed by atoms with Crippen LogP contribution < -0.4 is 0 Å². The maximum Gasteiger partial charge on any atom is 0.0865 e. The lowest BCUT2D eigenvalue weighted by atomic mass is 9.41. The predicted molar refractivity (Wildman–Crippen MR) is 134 cm³/mol. The molecule has 6 rings (SSSR count). The van der Waals surface area contributed by atoms with Gasteiger partial charge in [-0.3, -0.25) is 0 Å². The zero-order valence-electron chi connectivity index (χ0n) is 23.1. The van der Waals surface area contributed by atoms with Crippen LogP contribution in [0, 0.1) is 44.8 Å². The summed E-state index contributed by atoms with van der Waals surface area (Å²) < 4.78 is 6.66. The molecular weight excluding hydrogens is 440 g/mol. The van der Waals surface area contributed by atoms with E-state index in [0.29, 0.717) is 5.92 Å². The number of hydrogen-bond donors (Lipinski definition) is 4. The minimum Gasteiger partial charge on any atom is -0.393 e. The SMILES string of the molecule is CC(C)(O)[C@H]1CC[C@@](C)([C@@H]2[C@@H](O)C[C@@]3(C)[C@@H]4C[C@H](O)[C@H]5C(C)(C)[C@@H](O)CC[C@@]56C[C@@]46CC[C@]23C)O1. The van der Waals surface area contributed by atoms with Crippen molar-refractivity contribution < 1.29 is 25.2 Å². The maximum atomic E-state index is 11.7. The second-order valence-electron chi connectivity index (χ2n) is 15.9. The molecule has 5 saturated carbocycles. The van der Waals surface area contributed by atoms with Crippen LogP contribution in [0.15, 0.2) is 0 Å². The fourth-order valence-electron chi connectivity index (χ4n) is 12.1. The van der Waals surface area contributed by atoms with Gasteiger partial charge in [0.05, 0.1) is 35.6 Å². The summed E-state index contributed by atoms with van der Waals surface area (Å²) in [6.45, 7) is 15.0. The Morgan fingerprint density at radius 2 is 1.46 bits per heavy atom. The minimum absolute atomic E-state index is 0.0267. The molecule has 200 valence electrons. The maximum absolute atomic E-state index is 11.7. The highest BCUT2D eigenvalue weighted by molar-refractivity contribution is 5.33. The van der Waals surface area contributed by atoms with Crippen LogP contribution in [0.1, 0.15) is 106 Å². The third-order valence-electron chi connectivity index (χ3n) is 13.8. The van der Waals surface area contributed by atoms with Gasteiger partial charge in [0.1, 0.15) is 0 Å². The zero-order chi connectivity index (χ0) is 25.6. The smallest absolute Gasteiger partial charge is 0.0865 e. The molecule has 0 aromatic rings. The molecule has 5 aliphatic carbocycles. The van der Waals surface area contributed by atoms with Crippen LogP contribution in [0.3, 0.4) is 0 Å². The third-order valence-corrected chi connectivity index (χ3v) is 13.8. The Hall–Kier alpha value is -0.200. The van der Waals surface area contributed by atoms with Gasteiger partial charge in [0, 0.05) is 5.92 Å². The van der Waals surface area contributed by atoms with Gasteiger partial charge >= 0.3 is 0 Å². The molecule has 2 spiro atoms. The van der Waals surface area contributed by atoms with E-state index in [1.165, 1.54) is 6.42 Å². The molecule has 0 amide bonds. The monoisotopic (exact) mass is 490 g/mol. The highest BCUT2D eigenvalue weighted by Crippen LogP contribution is 2.89. The first-order chi connectivity index (χ1) is 16.0. The zero-order valence-corrected chi connectivity index (χ0v) is 23.1. The largest absolute Gasteiger partial charge is 0.393 e. The quantitative estimate of drug-likeness (QED) is 0.460. The van der Waals surface area contributed by atoms with Crippen molar-refractivity contribution in [2.75, 3.05) is 0 Å². The first-order valence-electron chi connectivity index (χ1n) is 14.4. The van der Waals surface area contributed by atoms with Crippen LogP contribution in [0.25, 0.3) is 0 Å². The average molecular weight is 491 g/mol. The summed E-state index contributed by atoms with van der Waals surface area (Å²) >= 11 is 0. The van der Waals surface area contributed by atoms with E-state index in [1.54, 1.807) is 0 Å². The summed E-state index contributed by atoms with van der Waals surface area (Å²) in [4.78, 5) is 0. The molecule has 1 saturated heterocycles. The standard InChI is InChI=1S/C30H50O5/c1-24(2)20(33)8-11-30-16-29(30)13-12-26(5)23(28(7)10-9-21(35-28)25(3,4)34)18(32)15-27(26,6)19(29)14-17(31)22(24)30/h17-23,31-34H,8-16H2,1-7H3/t17-,18-,19-,20-,21+,22-,23+,26+,27-,28-,29-,30+/m0/s1. The van der Waals surface area contributed by atoms with Gasteiger partial charge in [-0.2, -0.15) is 0 Å². The normalized spacial score (nSPS) is 60.9. The van der Waals surface area contributed by atoms with Gasteiger partial charge in [-0.05, 0) is 117 Å².